The third-order valence-electron chi connectivity index (χ3n) is 3.67. The van der Waals surface area contributed by atoms with E-state index >= 15 is 4.11 Å². The van der Waals surface area contributed by atoms with Gasteiger partial charge in [-0.3, -0.25) is 0 Å². The largest absolute Gasteiger partial charge is 0.396 e. The fourth-order valence-corrected chi connectivity index (χ4v) is 6.01. The first-order valence-electron chi connectivity index (χ1n) is 6.82. The smallest absolute Gasteiger partial charge is 0.282 e. The zero-order chi connectivity index (χ0) is 13.8. The Kier molecular flexibility index (Phi) is 5.54. The third kappa shape index (κ3) is 3.21. The third-order valence-corrected chi connectivity index (χ3v) is 8.23. The van der Waals surface area contributed by atoms with E-state index in [2.05, 4.69) is 0 Å². The molecule has 0 unspecified atom stereocenters. The van der Waals surface area contributed by atoms with Crippen LogP contribution in [0.1, 0.15) is 39.7 Å². The maximum Gasteiger partial charge on any atom is 0.282 e. The molecule has 1 aromatic carbocycles. The molecule has 102 valence electrons. The molecule has 1 N–H and O–H groups in total. The van der Waals surface area contributed by atoms with Crippen molar-refractivity contribution < 1.29 is 9.21 Å². The molecule has 1 aromatic rings. The Labute approximate surface area is 111 Å². The van der Waals surface area contributed by atoms with Crippen molar-refractivity contribution in [2.75, 3.05) is 6.61 Å². The van der Waals surface area contributed by atoms with Gasteiger partial charge in [-0.1, -0.05) is 52.0 Å². The van der Waals surface area contributed by atoms with E-state index in [1.54, 1.807) is 0 Å². The second kappa shape index (κ2) is 6.48. The van der Waals surface area contributed by atoms with Gasteiger partial charge in [0, 0.05) is 6.61 Å². The summed E-state index contributed by atoms with van der Waals surface area (Å²) < 4.78 is 15.4. The highest BCUT2D eigenvalue weighted by atomic mass is 28.4. The van der Waals surface area contributed by atoms with Gasteiger partial charge in [0.25, 0.3) is 8.41 Å². The molecule has 3 heteroatoms. The van der Waals surface area contributed by atoms with Crippen molar-refractivity contribution >= 4 is 13.6 Å². The molecule has 0 aliphatic carbocycles. The van der Waals surface area contributed by atoms with Gasteiger partial charge in [0.15, 0.2) is 0 Å². The van der Waals surface area contributed by atoms with E-state index in [9.17, 15) is 0 Å². The number of hydrogen-bond donors (Lipinski definition) is 1. The maximum absolute atomic E-state index is 15.4. The quantitative estimate of drug-likeness (QED) is 0.617. The molecule has 0 bridgehead atoms. The van der Waals surface area contributed by atoms with Crippen LogP contribution < -0.4 is 5.19 Å². The molecule has 0 heterocycles. The van der Waals surface area contributed by atoms with E-state index in [4.69, 9.17) is 5.11 Å². The average molecular weight is 267 g/mol. The minimum Gasteiger partial charge on any atom is -0.396 e. The molecule has 0 aromatic heterocycles. The monoisotopic (exact) mass is 267 g/mol. The van der Waals surface area contributed by atoms with Crippen molar-refractivity contribution in [3.63, 3.8) is 0 Å². The van der Waals surface area contributed by atoms with Crippen LogP contribution in [0, 0.1) is 0 Å². The molecule has 0 aliphatic heterocycles. The van der Waals surface area contributed by atoms with Crippen LogP contribution in [0.25, 0.3) is 0 Å². The van der Waals surface area contributed by atoms with Crippen molar-refractivity contribution in [2.24, 2.45) is 0 Å². The van der Waals surface area contributed by atoms with Crippen molar-refractivity contribution in [3.8, 4) is 0 Å². The zero-order valence-corrected chi connectivity index (χ0v) is 12.9. The highest BCUT2D eigenvalue weighted by Crippen LogP contribution is 2.33. The standard InChI is InChI=1S/C15H25FOSi/c1-12(2)18(16,13(3)4)15-9-5-7-14(11-15)8-6-10-17/h5,7,9,11-13,17H,6,8,10H2,1-4H3/i16-1. The van der Waals surface area contributed by atoms with Gasteiger partial charge < -0.3 is 9.21 Å². The lowest BCUT2D eigenvalue weighted by Gasteiger charge is -2.31. The van der Waals surface area contributed by atoms with E-state index in [-0.39, 0.29) is 17.7 Å². The summed E-state index contributed by atoms with van der Waals surface area (Å²) in [5, 5.41) is 9.77. The van der Waals surface area contributed by atoms with Crippen LogP contribution in [0.3, 0.4) is 0 Å². The average Bonchev–Trinajstić information content (AvgIpc) is 2.35. The first-order valence-corrected chi connectivity index (χ1v) is 8.85. The normalized spacial score (nSPS) is 12.4. The minimum absolute atomic E-state index is 0.0885. The summed E-state index contributed by atoms with van der Waals surface area (Å²) in [4.78, 5) is 0. The lowest BCUT2D eigenvalue weighted by molar-refractivity contribution is 0.288. The molecule has 1 nitrogen and oxygen atoms in total. The number of halogens is 1. The van der Waals surface area contributed by atoms with Crippen LogP contribution in [0.4, 0.5) is 4.11 Å². The molecule has 18 heavy (non-hydrogen) atoms. The zero-order valence-electron chi connectivity index (χ0n) is 11.9. The Hall–Kier alpha value is -0.673. The Bertz CT molecular complexity index is 369. The Morgan fingerprint density at radius 3 is 2.28 bits per heavy atom. The predicted molar refractivity (Wildman–Crippen MR) is 78.5 cm³/mol. The van der Waals surface area contributed by atoms with Crippen LogP contribution in [0.5, 0.6) is 0 Å². The van der Waals surface area contributed by atoms with Gasteiger partial charge in [0.1, 0.15) is 0 Å². The molecular formula is C15H25FOSi. The second-order valence-corrected chi connectivity index (χ2v) is 10.0. The van der Waals surface area contributed by atoms with Gasteiger partial charge in [-0.25, -0.2) is 0 Å². The van der Waals surface area contributed by atoms with E-state index in [1.807, 2.05) is 52.0 Å². The SMILES string of the molecule is CC(C)[Si]([18F])(c1cccc(CCCO)c1)C(C)C. The molecular weight excluding hydrogens is 242 g/mol. The number of aryl methyl sites for hydroxylation is 1. The van der Waals surface area contributed by atoms with Gasteiger partial charge in [-0.15, -0.1) is 0 Å². The lowest BCUT2D eigenvalue weighted by Crippen LogP contribution is -2.49. The minimum atomic E-state index is -2.91. The van der Waals surface area contributed by atoms with Crippen LogP contribution in [-0.4, -0.2) is 20.1 Å². The summed E-state index contributed by atoms with van der Waals surface area (Å²) in [6, 6.07) is 7.93. The highest BCUT2D eigenvalue weighted by molar-refractivity contribution is 6.88. The Morgan fingerprint density at radius 2 is 1.78 bits per heavy atom. The van der Waals surface area contributed by atoms with E-state index in [1.165, 1.54) is 0 Å². The Morgan fingerprint density at radius 1 is 1.17 bits per heavy atom. The van der Waals surface area contributed by atoms with E-state index in [0.29, 0.717) is 0 Å². The summed E-state index contributed by atoms with van der Waals surface area (Å²) in [5.74, 6) is 0. The molecule has 0 atom stereocenters. The van der Waals surface area contributed by atoms with E-state index in [0.717, 1.165) is 23.6 Å². The van der Waals surface area contributed by atoms with Crippen molar-refractivity contribution in [2.45, 2.75) is 51.6 Å². The van der Waals surface area contributed by atoms with Gasteiger partial charge in [0.2, 0.25) is 0 Å². The van der Waals surface area contributed by atoms with Crippen molar-refractivity contribution in [1.82, 2.24) is 0 Å². The summed E-state index contributed by atoms with van der Waals surface area (Å²) >= 11 is 0. The number of aliphatic hydroxyl groups is 1. The van der Waals surface area contributed by atoms with Crippen LogP contribution >= 0.6 is 0 Å². The van der Waals surface area contributed by atoms with Crippen molar-refractivity contribution in [1.29, 1.82) is 0 Å². The van der Waals surface area contributed by atoms with Crippen LogP contribution in [0.15, 0.2) is 24.3 Å². The molecule has 0 spiro atoms. The summed E-state index contributed by atoms with van der Waals surface area (Å²) in [7, 11) is -2.91. The number of benzene rings is 1. The Balaban J connectivity index is 3.06. The predicted octanol–water partition coefficient (Wildman–Crippen LogP) is 3.55. The van der Waals surface area contributed by atoms with Gasteiger partial charge in [-0.05, 0) is 34.7 Å². The molecule has 0 fully saturated rings. The topological polar surface area (TPSA) is 20.2 Å². The second-order valence-electron chi connectivity index (χ2n) is 5.60. The first kappa shape index (κ1) is 15.4. The summed E-state index contributed by atoms with van der Waals surface area (Å²) in [5.41, 5.74) is 1.31. The molecule has 1 rings (SSSR count). The molecule has 0 saturated heterocycles. The van der Waals surface area contributed by atoms with Gasteiger partial charge in [0.05, 0.1) is 0 Å². The number of rotatable bonds is 6. The van der Waals surface area contributed by atoms with Crippen LogP contribution in [-0.2, 0) is 6.42 Å². The fourth-order valence-electron chi connectivity index (χ4n) is 2.58. The van der Waals surface area contributed by atoms with Gasteiger partial charge in [-0.2, -0.15) is 0 Å². The number of hydrogen-bond acceptors (Lipinski definition) is 1. The first-order chi connectivity index (χ1) is 8.42. The molecule has 0 saturated carbocycles. The summed E-state index contributed by atoms with van der Waals surface area (Å²) in [6.07, 6.45) is 1.57. The lowest BCUT2D eigenvalue weighted by atomic mass is 10.1. The summed E-state index contributed by atoms with van der Waals surface area (Å²) in [6.45, 7) is 8.16. The van der Waals surface area contributed by atoms with E-state index < -0.39 is 8.41 Å². The highest BCUT2D eigenvalue weighted by Gasteiger charge is 2.43. The molecule has 0 radical (unpaired) electrons. The van der Waals surface area contributed by atoms with Crippen LogP contribution in [0.2, 0.25) is 11.1 Å². The van der Waals surface area contributed by atoms with Crippen molar-refractivity contribution in [3.05, 3.63) is 29.8 Å². The fraction of sp³-hybridized carbons (Fsp3) is 0.600. The number of aliphatic hydroxyl groups excluding tert-OH is 1. The van der Waals surface area contributed by atoms with Gasteiger partial charge >= 0.3 is 0 Å². The molecule has 0 amide bonds. The maximum atomic E-state index is 15.4. The molecule has 0 aliphatic rings.